The maximum absolute atomic E-state index is 14.0. The molecule has 0 amide bonds. The highest BCUT2D eigenvalue weighted by atomic mass is 32.2. The molecule has 1 aliphatic rings. The molecule has 0 fully saturated rings. The molecule has 10 heteroatoms. The van der Waals surface area contributed by atoms with Crippen LogP contribution in [-0.4, -0.2) is 32.6 Å². The van der Waals surface area contributed by atoms with Crippen molar-refractivity contribution in [3.8, 4) is 16.9 Å². The van der Waals surface area contributed by atoms with Crippen molar-refractivity contribution in [1.82, 2.24) is 4.72 Å². The molecule has 6 nitrogen and oxygen atoms in total. The summed E-state index contributed by atoms with van der Waals surface area (Å²) in [6.07, 6.45) is -1.93. The van der Waals surface area contributed by atoms with Crippen LogP contribution in [0.15, 0.2) is 71.6 Å². The van der Waals surface area contributed by atoms with Crippen LogP contribution in [0.2, 0.25) is 0 Å². The topological polar surface area (TPSA) is 92.7 Å². The first-order valence-electron chi connectivity index (χ1n) is 10.9. The van der Waals surface area contributed by atoms with Crippen molar-refractivity contribution in [2.45, 2.75) is 30.0 Å². The Morgan fingerprint density at radius 1 is 1.06 bits per heavy atom. The van der Waals surface area contributed by atoms with Crippen molar-refractivity contribution >= 4 is 22.1 Å². The number of halogens is 3. The van der Waals surface area contributed by atoms with Gasteiger partial charge in [0.05, 0.1) is 17.6 Å². The van der Waals surface area contributed by atoms with E-state index >= 15 is 0 Å². The van der Waals surface area contributed by atoms with Gasteiger partial charge in [-0.25, -0.2) is 17.9 Å². The number of rotatable bonds is 7. The van der Waals surface area contributed by atoms with Crippen LogP contribution >= 0.6 is 0 Å². The standard InChI is InChI=1S/C26H22F3NO5S/c1-35-23-5-3-2-4-21(23)18-9-10-24(22(15-18)26(27,28)29)36(33,34)30-20-13-17-8-6-16(7-11-25(31)32)12-19(17)14-20/h2-12,15,20,30H,13-14H2,1H3,(H,31,32). The number of benzene rings is 3. The minimum absolute atomic E-state index is 0.175. The van der Waals surface area contributed by atoms with Gasteiger partial charge < -0.3 is 9.84 Å². The van der Waals surface area contributed by atoms with Crippen LogP contribution in [0.25, 0.3) is 17.2 Å². The molecular weight excluding hydrogens is 495 g/mol. The maximum Gasteiger partial charge on any atom is 0.417 e. The molecule has 36 heavy (non-hydrogen) atoms. The van der Waals surface area contributed by atoms with E-state index in [1.807, 2.05) is 0 Å². The Morgan fingerprint density at radius 3 is 2.47 bits per heavy atom. The van der Waals surface area contributed by atoms with E-state index in [-0.39, 0.29) is 12.0 Å². The fourth-order valence-corrected chi connectivity index (χ4v) is 5.76. The predicted molar refractivity (Wildman–Crippen MR) is 128 cm³/mol. The molecule has 0 radical (unpaired) electrons. The highest BCUT2D eigenvalue weighted by molar-refractivity contribution is 7.89. The number of fused-ring (bicyclic) bond motifs is 1. The summed E-state index contributed by atoms with van der Waals surface area (Å²) in [6, 6.07) is 14.2. The Balaban J connectivity index is 1.63. The second-order valence-corrected chi connectivity index (χ2v) is 10.0. The van der Waals surface area contributed by atoms with E-state index in [0.29, 0.717) is 23.3 Å². The number of sulfonamides is 1. The molecule has 2 N–H and O–H groups in total. The lowest BCUT2D eigenvalue weighted by Gasteiger charge is -2.18. The van der Waals surface area contributed by atoms with E-state index in [2.05, 4.69) is 4.72 Å². The number of ether oxygens (including phenoxy) is 1. The molecule has 0 saturated heterocycles. The third kappa shape index (κ3) is 5.44. The number of alkyl halides is 3. The van der Waals surface area contributed by atoms with Crippen LogP contribution in [0, 0.1) is 0 Å². The first-order valence-corrected chi connectivity index (χ1v) is 12.4. The molecule has 0 spiro atoms. The van der Waals surface area contributed by atoms with Crippen molar-refractivity contribution in [2.75, 3.05) is 7.11 Å². The van der Waals surface area contributed by atoms with Crippen LogP contribution in [0.1, 0.15) is 22.3 Å². The molecule has 0 aromatic heterocycles. The second-order valence-electron chi connectivity index (χ2n) is 8.34. The normalized spacial score (nSPS) is 15.7. The monoisotopic (exact) mass is 517 g/mol. The van der Waals surface area contributed by atoms with Crippen LogP contribution in [0.3, 0.4) is 0 Å². The summed E-state index contributed by atoms with van der Waals surface area (Å²) in [5.41, 5.74) is 1.59. The molecule has 0 aliphatic heterocycles. The fraction of sp³-hybridized carbons (Fsp3) is 0.192. The van der Waals surface area contributed by atoms with E-state index in [4.69, 9.17) is 9.84 Å². The summed E-state index contributed by atoms with van der Waals surface area (Å²) < 4.78 is 75.8. The Bertz CT molecular complexity index is 1450. The van der Waals surface area contributed by atoms with Crippen LogP contribution in [0.4, 0.5) is 13.2 Å². The van der Waals surface area contributed by atoms with E-state index in [0.717, 1.165) is 29.3 Å². The van der Waals surface area contributed by atoms with Crippen molar-refractivity contribution in [3.05, 3.63) is 89.0 Å². The largest absolute Gasteiger partial charge is 0.496 e. The summed E-state index contributed by atoms with van der Waals surface area (Å²) in [5.74, 6) is -0.737. The van der Waals surface area contributed by atoms with Crippen LogP contribution in [0.5, 0.6) is 5.75 Å². The van der Waals surface area contributed by atoms with E-state index in [1.54, 1.807) is 42.5 Å². The van der Waals surface area contributed by atoms with Gasteiger partial charge in [0.25, 0.3) is 0 Å². The zero-order chi connectivity index (χ0) is 26.1. The number of carboxylic acid groups (broad SMARTS) is 1. The minimum atomic E-state index is -4.91. The molecule has 0 bridgehead atoms. The molecule has 1 atom stereocenters. The van der Waals surface area contributed by atoms with Gasteiger partial charge in [-0.1, -0.05) is 42.5 Å². The fourth-order valence-electron chi connectivity index (χ4n) is 4.31. The third-order valence-electron chi connectivity index (χ3n) is 5.90. The SMILES string of the molecule is COc1ccccc1-c1ccc(S(=O)(=O)NC2Cc3ccc(C=CC(=O)O)cc3C2)c(C(F)(F)F)c1. The number of hydrogen-bond acceptors (Lipinski definition) is 4. The van der Waals surface area contributed by atoms with Crippen LogP contribution < -0.4 is 9.46 Å². The number of hydrogen-bond donors (Lipinski definition) is 2. The van der Waals surface area contributed by atoms with Gasteiger partial charge in [0.15, 0.2) is 0 Å². The lowest BCUT2D eigenvalue weighted by atomic mass is 10.0. The molecule has 0 heterocycles. The summed E-state index contributed by atoms with van der Waals surface area (Å²) in [6.45, 7) is 0. The first-order chi connectivity index (χ1) is 17.0. The van der Waals surface area contributed by atoms with Gasteiger partial charge in [-0.3, -0.25) is 0 Å². The molecule has 4 rings (SSSR count). The van der Waals surface area contributed by atoms with Gasteiger partial charge in [-0.15, -0.1) is 0 Å². The lowest BCUT2D eigenvalue weighted by Crippen LogP contribution is -2.36. The Kier molecular flexibility index (Phi) is 6.92. The zero-order valence-electron chi connectivity index (χ0n) is 19.0. The average Bonchev–Trinajstić information content (AvgIpc) is 3.22. The number of carboxylic acids is 1. The number of aliphatic carboxylic acids is 1. The first kappa shape index (κ1) is 25.5. The van der Waals surface area contributed by atoms with Crippen molar-refractivity contribution in [2.24, 2.45) is 0 Å². The lowest BCUT2D eigenvalue weighted by molar-refractivity contribution is -0.139. The molecule has 3 aromatic carbocycles. The number of nitrogens with one attached hydrogen (secondary N) is 1. The quantitative estimate of drug-likeness (QED) is 0.434. The number of carbonyl (C=O) groups is 1. The summed E-state index contributed by atoms with van der Waals surface area (Å²) in [4.78, 5) is 9.88. The van der Waals surface area contributed by atoms with Crippen LogP contribution in [-0.2, 0) is 33.8 Å². The van der Waals surface area contributed by atoms with E-state index in [9.17, 15) is 26.4 Å². The molecular formula is C26H22F3NO5S. The summed E-state index contributed by atoms with van der Waals surface area (Å²) >= 11 is 0. The second kappa shape index (κ2) is 9.79. The predicted octanol–water partition coefficient (Wildman–Crippen LogP) is 4.92. The van der Waals surface area contributed by atoms with Crippen molar-refractivity contribution in [3.63, 3.8) is 0 Å². The zero-order valence-corrected chi connectivity index (χ0v) is 19.9. The van der Waals surface area contributed by atoms with Gasteiger partial charge in [0.1, 0.15) is 5.75 Å². The Morgan fingerprint density at radius 2 is 1.78 bits per heavy atom. The Labute approximate surface area is 206 Å². The number of methoxy groups -OCH3 is 1. The van der Waals surface area contributed by atoms with E-state index < -0.39 is 38.7 Å². The van der Waals surface area contributed by atoms with Gasteiger partial charge in [-0.05, 0) is 59.4 Å². The Hall–Kier alpha value is -3.63. The van der Waals surface area contributed by atoms with Crippen molar-refractivity contribution < 1.29 is 36.2 Å². The van der Waals surface area contributed by atoms with Gasteiger partial charge in [-0.2, -0.15) is 13.2 Å². The van der Waals surface area contributed by atoms with Gasteiger partial charge >= 0.3 is 12.1 Å². The number of para-hydroxylation sites is 1. The molecule has 1 unspecified atom stereocenters. The summed E-state index contributed by atoms with van der Waals surface area (Å²) in [7, 11) is -3.11. The molecule has 1 aliphatic carbocycles. The highest BCUT2D eigenvalue weighted by Gasteiger charge is 2.38. The van der Waals surface area contributed by atoms with Crippen molar-refractivity contribution in [1.29, 1.82) is 0 Å². The van der Waals surface area contributed by atoms with Gasteiger partial charge in [0.2, 0.25) is 10.0 Å². The molecule has 3 aromatic rings. The summed E-state index contributed by atoms with van der Waals surface area (Å²) in [5, 5.41) is 8.78. The average molecular weight is 518 g/mol. The van der Waals surface area contributed by atoms with Gasteiger partial charge in [0, 0.05) is 17.7 Å². The van der Waals surface area contributed by atoms with E-state index in [1.165, 1.54) is 19.3 Å². The highest BCUT2D eigenvalue weighted by Crippen LogP contribution is 2.39. The smallest absolute Gasteiger partial charge is 0.417 e. The maximum atomic E-state index is 14.0. The molecule has 0 saturated carbocycles. The molecule has 188 valence electrons. The third-order valence-corrected chi connectivity index (χ3v) is 7.47. The minimum Gasteiger partial charge on any atom is -0.496 e.